The Balaban J connectivity index is 2.80. The lowest BCUT2D eigenvalue weighted by Gasteiger charge is -1.99. The predicted molar refractivity (Wildman–Crippen MR) is 45.0 cm³/mol. The first-order valence-electron chi connectivity index (χ1n) is 3.44. The Bertz CT molecular complexity index is 405. The van der Waals surface area contributed by atoms with Gasteiger partial charge in [0.25, 0.3) is 0 Å². The molecule has 0 amide bonds. The van der Waals surface area contributed by atoms with E-state index in [-0.39, 0.29) is 0 Å². The molecule has 0 fully saturated rings. The first kappa shape index (κ1) is 6.84. The van der Waals surface area contributed by atoms with Crippen LogP contribution >= 0.6 is 0 Å². The minimum atomic E-state index is 0.397. The van der Waals surface area contributed by atoms with E-state index >= 15 is 0 Å². The van der Waals surface area contributed by atoms with Crippen LogP contribution in [0.25, 0.3) is 11.2 Å². The lowest BCUT2D eigenvalue weighted by molar-refractivity contribution is 0.937. The molecule has 62 valence electrons. The van der Waals surface area contributed by atoms with Crippen molar-refractivity contribution in [3.05, 3.63) is 12.7 Å². The van der Waals surface area contributed by atoms with Crippen molar-refractivity contribution in [1.82, 2.24) is 19.6 Å². The molecule has 6 heteroatoms. The summed E-state index contributed by atoms with van der Waals surface area (Å²) in [6.07, 6.45) is 3.02. The first-order chi connectivity index (χ1) is 5.83. The van der Waals surface area contributed by atoms with Crippen LogP contribution < -0.4 is 11.2 Å². The molecule has 3 N–H and O–H groups in total. The Hall–Kier alpha value is -1.85. The fraction of sp³-hybridized carbons (Fsp3) is 0.167. The normalized spacial score (nSPS) is 10.4. The standard InChI is InChI=1S/C6H8N6/c1-8-12-3-11-4-5(7)9-2-10-6(4)12/h2-3,8H,1H3,(H2,7,9,10). The number of nitrogens with two attached hydrogens (primary N) is 1. The van der Waals surface area contributed by atoms with Gasteiger partial charge in [0.2, 0.25) is 0 Å². The summed E-state index contributed by atoms with van der Waals surface area (Å²) in [7, 11) is 1.78. The van der Waals surface area contributed by atoms with Gasteiger partial charge in [-0.3, -0.25) is 0 Å². The third kappa shape index (κ3) is 0.777. The maximum atomic E-state index is 5.57. The Labute approximate surface area is 68.4 Å². The molecular weight excluding hydrogens is 156 g/mol. The molecule has 0 aliphatic heterocycles. The van der Waals surface area contributed by atoms with E-state index in [1.54, 1.807) is 18.1 Å². The second-order valence-corrected chi connectivity index (χ2v) is 2.27. The number of imidazole rings is 1. The van der Waals surface area contributed by atoms with E-state index in [0.29, 0.717) is 17.0 Å². The highest BCUT2D eigenvalue weighted by Gasteiger charge is 2.05. The van der Waals surface area contributed by atoms with Crippen LogP contribution in [0.15, 0.2) is 12.7 Å². The number of hydrogen-bond acceptors (Lipinski definition) is 5. The largest absolute Gasteiger partial charge is 0.382 e. The summed E-state index contributed by atoms with van der Waals surface area (Å²) in [5.74, 6) is 0.397. The third-order valence-corrected chi connectivity index (χ3v) is 1.60. The molecular formula is C6H8N6. The lowest BCUT2D eigenvalue weighted by atomic mass is 10.5. The van der Waals surface area contributed by atoms with Crippen LogP contribution in [0.5, 0.6) is 0 Å². The summed E-state index contributed by atoms with van der Waals surface area (Å²) in [6, 6.07) is 0. The zero-order valence-electron chi connectivity index (χ0n) is 6.52. The van der Waals surface area contributed by atoms with Gasteiger partial charge in [0.05, 0.1) is 0 Å². The van der Waals surface area contributed by atoms with Gasteiger partial charge in [0.1, 0.15) is 12.7 Å². The van der Waals surface area contributed by atoms with Crippen LogP contribution in [0.1, 0.15) is 0 Å². The van der Waals surface area contributed by atoms with Crippen LogP contribution in [0.2, 0.25) is 0 Å². The highest BCUT2D eigenvalue weighted by atomic mass is 15.4. The maximum absolute atomic E-state index is 5.57. The van der Waals surface area contributed by atoms with Gasteiger partial charge in [-0.2, -0.15) is 0 Å². The maximum Gasteiger partial charge on any atom is 0.184 e. The number of aromatic nitrogens is 4. The van der Waals surface area contributed by atoms with E-state index in [1.807, 2.05) is 0 Å². The molecule has 0 saturated carbocycles. The molecule has 12 heavy (non-hydrogen) atoms. The number of rotatable bonds is 1. The average Bonchev–Trinajstić information content (AvgIpc) is 2.49. The minimum absolute atomic E-state index is 0.397. The van der Waals surface area contributed by atoms with E-state index in [4.69, 9.17) is 5.73 Å². The van der Waals surface area contributed by atoms with Crippen molar-refractivity contribution >= 4 is 17.0 Å². The number of nitrogens with zero attached hydrogens (tertiary/aromatic N) is 4. The molecule has 2 aromatic rings. The Morgan fingerprint density at radius 1 is 1.42 bits per heavy atom. The van der Waals surface area contributed by atoms with Crippen molar-refractivity contribution in [3.8, 4) is 0 Å². The molecule has 0 unspecified atom stereocenters. The van der Waals surface area contributed by atoms with Gasteiger partial charge < -0.3 is 11.2 Å². The quantitative estimate of drug-likeness (QED) is 0.598. The summed E-state index contributed by atoms with van der Waals surface area (Å²) in [5.41, 5.74) is 9.76. The molecule has 6 nitrogen and oxygen atoms in total. The lowest BCUT2D eigenvalue weighted by Crippen LogP contribution is -2.07. The van der Waals surface area contributed by atoms with Crippen LogP contribution in [0.3, 0.4) is 0 Å². The van der Waals surface area contributed by atoms with Crippen LogP contribution in [-0.4, -0.2) is 26.7 Å². The highest BCUT2D eigenvalue weighted by molar-refractivity contribution is 5.81. The molecule has 0 aromatic carbocycles. The van der Waals surface area contributed by atoms with Crippen LogP contribution in [0, 0.1) is 0 Å². The summed E-state index contributed by atoms with van der Waals surface area (Å²) in [4.78, 5) is 11.9. The fourth-order valence-electron chi connectivity index (χ4n) is 1.02. The molecule has 0 aliphatic carbocycles. The van der Waals surface area contributed by atoms with Gasteiger partial charge in [-0.05, 0) is 0 Å². The van der Waals surface area contributed by atoms with E-state index in [0.717, 1.165) is 0 Å². The first-order valence-corrected chi connectivity index (χ1v) is 3.44. The van der Waals surface area contributed by atoms with Gasteiger partial charge in [-0.25, -0.2) is 19.6 Å². The van der Waals surface area contributed by atoms with Gasteiger partial charge in [0.15, 0.2) is 17.0 Å². The highest BCUT2D eigenvalue weighted by Crippen LogP contribution is 2.11. The number of hydrogen-bond donors (Lipinski definition) is 2. The summed E-state index contributed by atoms with van der Waals surface area (Å²) in [5, 5.41) is 0. The summed E-state index contributed by atoms with van der Waals surface area (Å²) < 4.78 is 1.67. The smallest absolute Gasteiger partial charge is 0.184 e. The average molecular weight is 164 g/mol. The van der Waals surface area contributed by atoms with Crippen molar-refractivity contribution in [3.63, 3.8) is 0 Å². The number of nitrogen functional groups attached to an aromatic ring is 1. The van der Waals surface area contributed by atoms with Crippen molar-refractivity contribution < 1.29 is 0 Å². The minimum Gasteiger partial charge on any atom is -0.382 e. The molecule has 2 heterocycles. The number of anilines is 1. The van der Waals surface area contributed by atoms with E-state index < -0.39 is 0 Å². The molecule has 0 atom stereocenters. The van der Waals surface area contributed by atoms with E-state index in [1.165, 1.54) is 6.33 Å². The van der Waals surface area contributed by atoms with Gasteiger partial charge in [-0.1, -0.05) is 0 Å². The van der Waals surface area contributed by atoms with E-state index in [2.05, 4.69) is 20.4 Å². The Morgan fingerprint density at radius 2 is 2.25 bits per heavy atom. The SMILES string of the molecule is CNn1cnc2c(N)ncnc21. The van der Waals surface area contributed by atoms with Crippen LogP contribution in [0.4, 0.5) is 5.82 Å². The monoisotopic (exact) mass is 164 g/mol. The predicted octanol–water partition coefficient (Wildman–Crippen LogP) is -0.418. The summed E-state index contributed by atoms with van der Waals surface area (Å²) >= 11 is 0. The molecule has 0 aliphatic rings. The van der Waals surface area contributed by atoms with Crippen molar-refractivity contribution in [2.24, 2.45) is 0 Å². The number of nitrogens with one attached hydrogen (secondary N) is 1. The molecule has 2 rings (SSSR count). The van der Waals surface area contributed by atoms with Gasteiger partial charge in [-0.15, -0.1) is 0 Å². The van der Waals surface area contributed by atoms with E-state index in [9.17, 15) is 0 Å². The molecule has 0 radical (unpaired) electrons. The topological polar surface area (TPSA) is 81.7 Å². The summed E-state index contributed by atoms with van der Waals surface area (Å²) in [6.45, 7) is 0. The Kier molecular flexibility index (Phi) is 1.33. The molecule has 0 spiro atoms. The Morgan fingerprint density at radius 3 is 3.00 bits per heavy atom. The zero-order chi connectivity index (χ0) is 8.55. The zero-order valence-corrected chi connectivity index (χ0v) is 6.52. The number of fused-ring (bicyclic) bond motifs is 1. The van der Waals surface area contributed by atoms with Crippen molar-refractivity contribution in [1.29, 1.82) is 0 Å². The van der Waals surface area contributed by atoms with Crippen LogP contribution in [-0.2, 0) is 0 Å². The van der Waals surface area contributed by atoms with Crippen molar-refractivity contribution in [2.45, 2.75) is 0 Å². The second-order valence-electron chi connectivity index (χ2n) is 2.27. The van der Waals surface area contributed by atoms with Crippen molar-refractivity contribution in [2.75, 3.05) is 18.2 Å². The molecule has 0 saturated heterocycles. The van der Waals surface area contributed by atoms with Gasteiger partial charge >= 0.3 is 0 Å². The van der Waals surface area contributed by atoms with Gasteiger partial charge in [0, 0.05) is 7.05 Å². The molecule has 0 bridgehead atoms. The molecule has 2 aromatic heterocycles. The second kappa shape index (κ2) is 2.33. The third-order valence-electron chi connectivity index (χ3n) is 1.60. The fourth-order valence-corrected chi connectivity index (χ4v) is 1.02.